The Morgan fingerprint density at radius 2 is 1.76 bits per heavy atom. The third kappa shape index (κ3) is 3.38. The number of aryl methyl sites for hydroxylation is 2. The van der Waals surface area contributed by atoms with Crippen LogP contribution in [0.1, 0.15) is 72.8 Å². The van der Waals surface area contributed by atoms with Crippen LogP contribution in [-0.4, -0.2) is 26.7 Å². The molecule has 5 nitrogen and oxygen atoms in total. The van der Waals surface area contributed by atoms with Crippen LogP contribution in [0.15, 0.2) is 24.3 Å². The van der Waals surface area contributed by atoms with Gasteiger partial charge >= 0.3 is 0 Å². The van der Waals surface area contributed by atoms with Gasteiger partial charge in [0.15, 0.2) is 5.65 Å². The predicted octanol–water partition coefficient (Wildman–Crippen LogP) is 6.33. The monoisotopic (exact) mass is 476 g/mol. The SMILES string of the molecule is Cc1cc(C(=O)N[C@H](C)C23CC4CC(CC(C4)C2)C3)c2c(C)nn(-c3cccc(Cl)c3C)c2n1. The number of rotatable bonds is 4. The first-order chi connectivity index (χ1) is 16.2. The molecule has 1 N–H and O–H groups in total. The quantitative estimate of drug-likeness (QED) is 0.478. The standard InChI is InChI=1S/C28H33ClN4O/c1-15-8-22(25-17(3)32-33(26(25)30-15)24-7-5-6-23(29)16(24)2)27(34)31-18(4)28-12-19-9-20(13-28)11-21(10-19)14-28/h5-8,18-21H,9-14H2,1-4H3,(H,31,34)/t18-,19?,20?,21?,28?/m1/s1. The zero-order chi connectivity index (χ0) is 23.8. The second kappa shape index (κ2) is 7.81. The molecule has 0 unspecified atom stereocenters. The molecular weight excluding hydrogens is 444 g/mol. The minimum Gasteiger partial charge on any atom is -0.349 e. The number of carbonyl (C=O) groups excluding carboxylic acids is 1. The third-order valence-corrected chi connectivity index (χ3v) is 9.41. The van der Waals surface area contributed by atoms with E-state index in [0.717, 1.165) is 45.8 Å². The van der Waals surface area contributed by atoms with Crippen LogP contribution in [0.2, 0.25) is 5.02 Å². The molecule has 0 aliphatic heterocycles. The summed E-state index contributed by atoms with van der Waals surface area (Å²) >= 11 is 6.40. The molecule has 4 saturated carbocycles. The smallest absolute Gasteiger partial charge is 0.252 e. The van der Waals surface area contributed by atoms with Crippen LogP contribution in [-0.2, 0) is 0 Å². The van der Waals surface area contributed by atoms with Gasteiger partial charge in [-0.25, -0.2) is 9.67 Å². The summed E-state index contributed by atoms with van der Waals surface area (Å²) in [5, 5.41) is 9.75. The number of nitrogens with zero attached hydrogens (tertiary/aromatic N) is 3. The molecule has 178 valence electrons. The maximum atomic E-state index is 13.7. The Morgan fingerprint density at radius 3 is 2.41 bits per heavy atom. The van der Waals surface area contributed by atoms with Gasteiger partial charge in [0.25, 0.3) is 5.91 Å². The molecule has 7 rings (SSSR count). The number of fused-ring (bicyclic) bond motifs is 1. The van der Waals surface area contributed by atoms with Crippen molar-refractivity contribution in [3.05, 3.63) is 51.8 Å². The molecule has 0 radical (unpaired) electrons. The van der Waals surface area contributed by atoms with E-state index in [-0.39, 0.29) is 17.4 Å². The van der Waals surface area contributed by atoms with Gasteiger partial charge in [0.05, 0.1) is 22.3 Å². The Hall–Kier alpha value is -2.40. The highest BCUT2D eigenvalue weighted by Crippen LogP contribution is 2.61. The number of aromatic nitrogens is 3. The second-order valence-corrected chi connectivity index (χ2v) is 11.8. The highest BCUT2D eigenvalue weighted by Gasteiger charge is 2.53. The molecule has 4 aliphatic carbocycles. The maximum Gasteiger partial charge on any atom is 0.252 e. The zero-order valence-corrected chi connectivity index (χ0v) is 21.2. The third-order valence-electron chi connectivity index (χ3n) is 9.00. The second-order valence-electron chi connectivity index (χ2n) is 11.4. The number of amides is 1. The maximum absolute atomic E-state index is 13.7. The number of pyridine rings is 1. The van der Waals surface area contributed by atoms with Crippen molar-refractivity contribution in [1.82, 2.24) is 20.1 Å². The summed E-state index contributed by atoms with van der Waals surface area (Å²) in [4.78, 5) is 18.5. The van der Waals surface area contributed by atoms with E-state index in [4.69, 9.17) is 21.7 Å². The fourth-order valence-electron chi connectivity index (χ4n) is 7.72. The molecule has 4 bridgehead atoms. The molecule has 3 aromatic rings. The van der Waals surface area contributed by atoms with E-state index in [1.165, 1.54) is 38.5 Å². The van der Waals surface area contributed by atoms with E-state index in [0.29, 0.717) is 16.2 Å². The first-order valence-electron chi connectivity index (χ1n) is 12.7. The summed E-state index contributed by atoms with van der Waals surface area (Å²) < 4.78 is 1.83. The van der Waals surface area contributed by atoms with Crippen molar-refractivity contribution in [1.29, 1.82) is 0 Å². The molecule has 1 aromatic carbocycles. The van der Waals surface area contributed by atoms with Gasteiger partial charge in [-0.3, -0.25) is 4.79 Å². The van der Waals surface area contributed by atoms with Crippen LogP contribution in [0.5, 0.6) is 0 Å². The lowest BCUT2D eigenvalue weighted by molar-refractivity contribution is -0.0687. The summed E-state index contributed by atoms with van der Waals surface area (Å²) in [6.07, 6.45) is 8.05. The molecule has 0 saturated heterocycles. The normalized spacial score (nSPS) is 28.4. The molecule has 2 aromatic heterocycles. The van der Waals surface area contributed by atoms with Crippen molar-refractivity contribution in [2.75, 3.05) is 0 Å². The average Bonchev–Trinajstić information content (AvgIpc) is 3.10. The van der Waals surface area contributed by atoms with Gasteiger partial charge in [-0.1, -0.05) is 17.7 Å². The molecule has 6 heteroatoms. The van der Waals surface area contributed by atoms with Gasteiger partial charge in [-0.15, -0.1) is 0 Å². The fourth-order valence-corrected chi connectivity index (χ4v) is 7.89. The first kappa shape index (κ1) is 22.1. The summed E-state index contributed by atoms with van der Waals surface area (Å²) in [5.74, 6) is 2.58. The van der Waals surface area contributed by atoms with Crippen LogP contribution in [0, 0.1) is 43.9 Å². The fraction of sp³-hybridized carbons (Fsp3) is 0.536. The van der Waals surface area contributed by atoms with Crippen molar-refractivity contribution in [2.45, 2.75) is 72.3 Å². The number of benzene rings is 1. The van der Waals surface area contributed by atoms with Crippen LogP contribution < -0.4 is 5.32 Å². The minimum atomic E-state index is -0.00999. The van der Waals surface area contributed by atoms with E-state index >= 15 is 0 Å². The Kier molecular flexibility index (Phi) is 5.07. The van der Waals surface area contributed by atoms with Crippen molar-refractivity contribution in [3.8, 4) is 5.69 Å². The van der Waals surface area contributed by atoms with Crippen LogP contribution in [0.3, 0.4) is 0 Å². The molecule has 4 aliphatic rings. The van der Waals surface area contributed by atoms with Gasteiger partial charge in [-0.05, 0) is 113 Å². The first-order valence-corrected chi connectivity index (χ1v) is 13.1. The topological polar surface area (TPSA) is 59.8 Å². The van der Waals surface area contributed by atoms with E-state index in [1.807, 2.05) is 49.7 Å². The van der Waals surface area contributed by atoms with Gasteiger partial charge in [-0.2, -0.15) is 5.10 Å². The number of halogens is 1. The minimum absolute atomic E-state index is 0.00999. The molecular formula is C28H33ClN4O. The lowest BCUT2D eigenvalue weighted by atomic mass is 9.48. The summed E-state index contributed by atoms with van der Waals surface area (Å²) in [6, 6.07) is 7.87. The van der Waals surface area contributed by atoms with Crippen LogP contribution >= 0.6 is 11.6 Å². The number of nitrogens with one attached hydrogen (secondary N) is 1. The number of hydrogen-bond donors (Lipinski definition) is 1. The lowest BCUT2D eigenvalue weighted by Crippen LogP contribution is -2.55. The summed E-state index contributed by atoms with van der Waals surface area (Å²) in [7, 11) is 0. The van der Waals surface area contributed by atoms with E-state index < -0.39 is 0 Å². The molecule has 1 atom stereocenters. The zero-order valence-electron chi connectivity index (χ0n) is 20.5. The molecule has 4 fully saturated rings. The molecule has 2 heterocycles. The summed E-state index contributed by atoms with van der Waals surface area (Å²) in [5.41, 5.74) is 5.08. The van der Waals surface area contributed by atoms with Crippen molar-refractivity contribution < 1.29 is 4.79 Å². The van der Waals surface area contributed by atoms with E-state index in [2.05, 4.69) is 12.2 Å². The Labute approximate surface area is 206 Å². The molecule has 34 heavy (non-hydrogen) atoms. The molecule has 0 spiro atoms. The largest absolute Gasteiger partial charge is 0.349 e. The lowest BCUT2D eigenvalue weighted by Gasteiger charge is -2.59. The van der Waals surface area contributed by atoms with Crippen molar-refractivity contribution >= 4 is 28.5 Å². The van der Waals surface area contributed by atoms with Gasteiger partial charge in [0.1, 0.15) is 0 Å². The van der Waals surface area contributed by atoms with Crippen molar-refractivity contribution in [2.24, 2.45) is 23.2 Å². The van der Waals surface area contributed by atoms with Gasteiger partial charge < -0.3 is 5.32 Å². The van der Waals surface area contributed by atoms with Crippen LogP contribution in [0.4, 0.5) is 0 Å². The van der Waals surface area contributed by atoms with Gasteiger partial charge in [0.2, 0.25) is 0 Å². The van der Waals surface area contributed by atoms with E-state index in [9.17, 15) is 4.79 Å². The molecule has 1 amide bonds. The Balaban J connectivity index is 1.37. The van der Waals surface area contributed by atoms with Crippen molar-refractivity contribution in [3.63, 3.8) is 0 Å². The Morgan fingerprint density at radius 1 is 1.12 bits per heavy atom. The van der Waals surface area contributed by atoms with Crippen LogP contribution in [0.25, 0.3) is 16.7 Å². The Bertz CT molecular complexity index is 1270. The number of carbonyl (C=O) groups is 1. The average molecular weight is 477 g/mol. The highest BCUT2D eigenvalue weighted by molar-refractivity contribution is 6.31. The number of hydrogen-bond acceptors (Lipinski definition) is 3. The van der Waals surface area contributed by atoms with E-state index in [1.54, 1.807) is 0 Å². The van der Waals surface area contributed by atoms with Gasteiger partial charge in [0, 0.05) is 16.8 Å². The highest BCUT2D eigenvalue weighted by atomic mass is 35.5. The predicted molar refractivity (Wildman–Crippen MR) is 136 cm³/mol. The summed E-state index contributed by atoms with van der Waals surface area (Å²) in [6.45, 7) is 8.12.